The molecule has 0 spiro atoms. The van der Waals surface area contributed by atoms with Crippen LogP contribution in [0.3, 0.4) is 0 Å². The first-order valence-corrected chi connectivity index (χ1v) is 45.4. The summed E-state index contributed by atoms with van der Waals surface area (Å²) in [7, 11) is 6.28. The van der Waals surface area contributed by atoms with Crippen LogP contribution in [-0.4, -0.2) is 283 Å². The molecule has 1 aliphatic heterocycles. The molecule has 2 heterocycles. The van der Waals surface area contributed by atoms with Gasteiger partial charge in [0.1, 0.15) is 84.0 Å². The number of hydrogen-bond donors (Lipinski definition) is 15. The summed E-state index contributed by atoms with van der Waals surface area (Å²) in [5.41, 5.74) is 8.94. The van der Waals surface area contributed by atoms with Gasteiger partial charge in [0.15, 0.2) is 0 Å². The van der Waals surface area contributed by atoms with Crippen molar-refractivity contribution in [2.45, 2.75) is 191 Å². The molecule has 37 nitrogen and oxygen atoms in total. The van der Waals surface area contributed by atoms with Crippen LogP contribution in [0.25, 0.3) is 10.9 Å². The van der Waals surface area contributed by atoms with Crippen LogP contribution in [0.2, 0.25) is 0 Å². The highest BCUT2D eigenvalue weighted by molar-refractivity contribution is 8.00. The van der Waals surface area contributed by atoms with E-state index in [2.05, 4.69) is 52.8 Å². The van der Waals surface area contributed by atoms with Gasteiger partial charge >= 0.3 is 11.9 Å². The maximum Gasteiger partial charge on any atom is 0.305 e. The van der Waals surface area contributed by atoms with E-state index in [0.29, 0.717) is 50.7 Å². The van der Waals surface area contributed by atoms with E-state index >= 15 is 47.9 Å². The van der Waals surface area contributed by atoms with Crippen LogP contribution in [0.15, 0.2) is 170 Å². The van der Waals surface area contributed by atoms with Crippen molar-refractivity contribution in [2.24, 2.45) is 17.6 Å². The number of para-hydroxylation sites is 1. The van der Waals surface area contributed by atoms with Gasteiger partial charge in [-0.05, 0) is 94.8 Å². The Kier molecular flexibility index (Phi) is 40.0. The predicted molar refractivity (Wildman–Crippen MR) is 498 cm³/mol. The molecule has 15 amide bonds. The number of phenols is 2. The molecule has 1 saturated heterocycles. The fourth-order valence-corrected chi connectivity index (χ4v) is 16.4. The number of rotatable bonds is 26. The second-order valence-corrected chi connectivity index (χ2v) is 35.2. The van der Waals surface area contributed by atoms with Crippen molar-refractivity contribution in [3.63, 3.8) is 0 Å². The lowest BCUT2D eigenvalue weighted by atomic mass is 9.98. The Morgan fingerprint density at radius 1 is 0.448 bits per heavy atom. The number of fused-ring (bicyclic) bond motifs is 1. The molecule has 38 heteroatoms. The second-order valence-electron chi connectivity index (χ2n) is 34.2. The predicted octanol–water partition coefficient (Wildman–Crippen LogP) is 2.56. The van der Waals surface area contributed by atoms with Gasteiger partial charge in [0.05, 0.1) is 25.3 Å². The summed E-state index contributed by atoms with van der Waals surface area (Å²) in [5.74, 6) is -20.0. The standard InChI is InChI=1S/C96H122N16O21S/c1-11-12-32-76-94(131)109(7)75(41-42-82(118)119)90(127)104-71(50-83(120)121)89(126)107-84(57(4)5)96(133)111(9)77(47-59-26-18-14-19-27-59)91(128)105-72(46-62-35-39-65(114)40-36-62)92(129)108(6)53-80(116)100-70(49-63-51-98-67-31-23-22-30-66(63)67)88(125)103-69(44-61-33-37-64(113)38-34-61)87(124)102-68(43-56(2)3)86(123)106-74(85(122)99-52-79(97)115)54-134-55-81(117)101-73(45-58-24-16-13-17-25-58)93(130)112(10)78(95(132)110(76)8)48-60-28-20-15-21-29-60/h13-31,33-40,51,56-57,68-78,84,98,113-114H,11-12,32,41-50,52-55H2,1-10H3,(H2,97,115)(H,99,122)(H,100,116)(H,101,117)(H,102,124)(H,103,125)(H,104,127)(H,105,128)(H,106,123)(H,107,126)(H,118,119)(H,120,121)/t68-,69-,70-,71-,72-,73-,74-,75-,76?,77-,78-,84-/m0/s1. The molecule has 1 aromatic heterocycles. The average Bonchev–Trinajstić information content (AvgIpc) is 1.41. The van der Waals surface area contributed by atoms with Gasteiger partial charge in [-0.2, -0.15) is 0 Å². The number of likely N-dealkylation sites (N-methyl/N-ethyl adjacent to an activating group) is 5. The van der Waals surface area contributed by atoms with Crippen molar-refractivity contribution < 1.29 is 102 Å². The zero-order valence-corrected chi connectivity index (χ0v) is 77.5. The molecule has 134 heavy (non-hydrogen) atoms. The van der Waals surface area contributed by atoms with Gasteiger partial charge in [-0.25, -0.2) is 0 Å². The first kappa shape index (κ1) is 105. The summed E-state index contributed by atoms with van der Waals surface area (Å²) in [6.07, 6.45) is -2.00. The van der Waals surface area contributed by atoms with E-state index in [1.165, 1.54) is 90.6 Å². The number of carboxylic acids is 2. The monoisotopic (exact) mass is 1870 g/mol. The first-order valence-electron chi connectivity index (χ1n) is 44.2. The molecule has 7 aromatic rings. The molecule has 0 saturated carbocycles. The van der Waals surface area contributed by atoms with E-state index in [9.17, 15) is 54.0 Å². The van der Waals surface area contributed by atoms with Crippen LogP contribution >= 0.6 is 11.8 Å². The Morgan fingerprint density at radius 3 is 1.44 bits per heavy atom. The number of unbranched alkanes of at least 4 members (excludes halogenated alkanes) is 1. The normalized spacial score (nSPS) is 22.1. The molecule has 1 aliphatic rings. The number of H-pyrrole nitrogens is 1. The number of benzene rings is 6. The third-order valence-corrected chi connectivity index (χ3v) is 24.1. The smallest absolute Gasteiger partial charge is 0.305 e. The Labute approximate surface area is 781 Å². The van der Waals surface area contributed by atoms with Crippen molar-refractivity contribution >= 4 is 123 Å². The Balaban J connectivity index is 1.24. The maximum absolute atomic E-state index is 15.7. The quantitative estimate of drug-likeness (QED) is 0.0370. The molecular weight excluding hydrogens is 1750 g/mol. The molecule has 1 unspecified atom stereocenters. The summed E-state index contributed by atoms with van der Waals surface area (Å²) in [4.78, 5) is 258. The number of carbonyl (C=O) groups is 17. The number of aliphatic carboxylic acids is 2. The SMILES string of the molecule is CCCCC1C(=O)N(C)[C@@H](CCC(=O)O)C(=O)N[C@@H](CC(=O)O)C(=O)N[C@@H](C(C)C)C(=O)N(C)[C@@H](Cc2ccccc2)C(=O)N[C@@H](Cc2ccc(O)cc2)C(=O)N(C)CC(=O)N[C@@H](Cc2c[nH]c3ccccc23)C(=O)N[C@@H](Cc2ccc(O)cc2)C(=O)N[C@@H](CC(C)C)C(=O)N[C@H](C(=O)NCC(N)=O)CSCC(=O)N[C@@H](Cc2ccccc2)C(=O)N(C)[C@@H](Cc2ccccc2)C(=O)N1C. The van der Waals surface area contributed by atoms with E-state index in [-0.39, 0.29) is 75.2 Å². The minimum Gasteiger partial charge on any atom is -0.508 e. The van der Waals surface area contributed by atoms with Gasteiger partial charge in [-0.1, -0.05) is 181 Å². The van der Waals surface area contributed by atoms with E-state index in [1.54, 1.807) is 142 Å². The minimum atomic E-state index is -2.08. The molecule has 0 aliphatic carbocycles. The lowest BCUT2D eigenvalue weighted by Crippen LogP contribution is -2.62. The number of primary amides is 1. The molecule has 1 fully saturated rings. The van der Waals surface area contributed by atoms with Gasteiger partial charge in [-0.3, -0.25) is 81.5 Å². The number of carboxylic acid groups (broad SMARTS) is 2. The second kappa shape index (κ2) is 51.0. The fraction of sp³-hybridized carbons (Fsp3) is 0.427. The highest BCUT2D eigenvalue weighted by atomic mass is 32.2. The number of aromatic nitrogens is 1. The van der Waals surface area contributed by atoms with E-state index in [1.807, 2.05) is 0 Å². The van der Waals surface area contributed by atoms with Crippen molar-refractivity contribution in [1.29, 1.82) is 0 Å². The highest BCUT2D eigenvalue weighted by Gasteiger charge is 2.44. The third kappa shape index (κ3) is 31.5. The molecule has 718 valence electrons. The third-order valence-electron chi connectivity index (χ3n) is 23.0. The van der Waals surface area contributed by atoms with Gasteiger partial charge in [-0.15, -0.1) is 11.8 Å². The van der Waals surface area contributed by atoms with Gasteiger partial charge in [0.25, 0.3) is 0 Å². The average molecular weight is 1870 g/mol. The van der Waals surface area contributed by atoms with E-state index in [0.717, 1.165) is 43.3 Å². The number of hydrogen-bond acceptors (Lipinski definition) is 20. The van der Waals surface area contributed by atoms with E-state index in [4.69, 9.17) is 5.73 Å². The number of nitrogens with one attached hydrogen (secondary N) is 10. The molecule has 16 N–H and O–H groups in total. The molecule has 0 bridgehead atoms. The van der Waals surface area contributed by atoms with Crippen LogP contribution in [0.4, 0.5) is 0 Å². The first-order chi connectivity index (χ1) is 63.7. The van der Waals surface area contributed by atoms with Crippen LogP contribution in [-0.2, 0) is 120 Å². The Morgan fingerprint density at radius 2 is 0.896 bits per heavy atom. The number of thioether (sulfide) groups is 1. The van der Waals surface area contributed by atoms with Crippen molar-refractivity contribution in [1.82, 2.24) is 77.3 Å². The molecule has 12 atom stereocenters. The summed E-state index contributed by atoms with van der Waals surface area (Å²) in [5, 5.41) is 65.8. The summed E-state index contributed by atoms with van der Waals surface area (Å²) < 4.78 is 0. The van der Waals surface area contributed by atoms with Crippen molar-refractivity contribution in [3.8, 4) is 11.5 Å². The fourth-order valence-electron chi connectivity index (χ4n) is 15.6. The topological polar surface area (TPSA) is 537 Å². The lowest BCUT2D eigenvalue weighted by Gasteiger charge is -2.38. The minimum absolute atomic E-state index is 0.0895. The zero-order chi connectivity index (χ0) is 98.2. The molecular formula is C96H122N16O21S. The van der Waals surface area contributed by atoms with Gasteiger partial charge in [0.2, 0.25) is 88.6 Å². The van der Waals surface area contributed by atoms with Crippen LogP contribution in [0.5, 0.6) is 11.5 Å². The van der Waals surface area contributed by atoms with E-state index < -0.39 is 223 Å². The summed E-state index contributed by atoms with van der Waals surface area (Å²) >= 11 is 0.804. The van der Waals surface area contributed by atoms with Crippen LogP contribution < -0.4 is 53.6 Å². The van der Waals surface area contributed by atoms with Crippen molar-refractivity contribution in [3.05, 3.63) is 203 Å². The number of nitrogens with two attached hydrogens (primary N) is 1. The lowest BCUT2D eigenvalue weighted by molar-refractivity contribution is -0.153. The van der Waals surface area contributed by atoms with Crippen LogP contribution in [0, 0.1) is 11.8 Å². The maximum atomic E-state index is 15.7. The molecule has 8 rings (SSSR count). The van der Waals surface area contributed by atoms with Gasteiger partial charge < -0.3 is 103 Å². The highest BCUT2D eigenvalue weighted by Crippen LogP contribution is 2.26. The van der Waals surface area contributed by atoms with Gasteiger partial charge in [0, 0.05) is 103 Å². The number of aromatic amines is 1. The van der Waals surface area contributed by atoms with Crippen molar-refractivity contribution in [2.75, 3.05) is 59.8 Å². The molecule has 0 radical (unpaired) electrons. The molecule has 6 aromatic carbocycles. The Bertz CT molecular complexity index is 5260. The number of nitrogens with zero attached hydrogens (tertiary/aromatic N) is 5. The number of amides is 15. The largest absolute Gasteiger partial charge is 0.508 e. The Hall–Kier alpha value is -14.2. The number of phenolic OH excluding ortho intramolecular Hbond substituents is 2. The summed E-state index contributed by atoms with van der Waals surface area (Å²) in [6, 6.07) is 24.2. The zero-order valence-electron chi connectivity index (χ0n) is 76.7. The summed E-state index contributed by atoms with van der Waals surface area (Å²) in [6.45, 7) is 6.79. The number of aromatic hydroxyl groups is 2. The number of carbonyl (C=O) groups excluding carboxylic acids is 15. The van der Waals surface area contributed by atoms with Crippen LogP contribution in [0.1, 0.15) is 113 Å².